The molecule has 36 heavy (non-hydrogen) atoms. The van der Waals surface area contributed by atoms with Gasteiger partial charge in [-0.15, -0.1) is 0 Å². The molecule has 0 unspecified atom stereocenters. The molecule has 194 valence electrons. The fourth-order valence-corrected chi connectivity index (χ4v) is 4.70. The van der Waals surface area contributed by atoms with E-state index in [2.05, 4.69) is 9.80 Å². The maximum absolute atomic E-state index is 11.9. The highest BCUT2D eigenvalue weighted by atomic mass is 35.5. The summed E-state index contributed by atoms with van der Waals surface area (Å²) in [4.78, 5) is 18.3. The Balaban J connectivity index is 1.20. The summed E-state index contributed by atoms with van der Waals surface area (Å²) in [5.74, 6) is 1.48. The van der Waals surface area contributed by atoms with Crippen LogP contribution in [-0.4, -0.2) is 85.7 Å². The van der Waals surface area contributed by atoms with Crippen molar-refractivity contribution in [1.82, 2.24) is 14.7 Å². The fourth-order valence-electron chi connectivity index (χ4n) is 4.57. The van der Waals surface area contributed by atoms with E-state index in [9.17, 15) is 9.90 Å². The van der Waals surface area contributed by atoms with Crippen LogP contribution in [0.4, 0.5) is 0 Å². The zero-order valence-corrected chi connectivity index (χ0v) is 22.0. The van der Waals surface area contributed by atoms with Crippen molar-refractivity contribution < 1.29 is 19.1 Å². The number of piperazine rings is 1. The van der Waals surface area contributed by atoms with Gasteiger partial charge in [-0.3, -0.25) is 9.69 Å². The highest BCUT2D eigenvalue weighted by molar-refractivity contribution is 6.30. The molecule has 4 rings (SSSR count). The van der Waals surface area contributed by atoms with Gasteiger partial charge in [0.25, 0.3) is 0 Å². The molecule has 2 heterocycles. The second-order valence-electron chi connectivity index (χ2n) is 9.54. The number of hydrogen-bond acceptors (Lipinski definition) is 6. The molecule has 0 radical (unpaired) electrons. The van der Waals surface area contributed by atoms with Gasteiger partial charge in [-0.1, -0.05) is 23.7 Å². The molecule has 1 aliphatic rings. The van der Waals surface area contributed by atoms with E-state index in [1.807, 2.05) is 56.6 Å². The Kier molecular flexibility index (Phi) is 9.26. The summed E-state index contributed by atoms with van der Waals surface area (Å²) in [6, 6.07) is 13.4. The van der Waals surface area contributed by atoms with E-state index < -0.39 is 0 Å². The van der Waals surface area contributed by atoms with Crippen LogP contribution in [0.3, 0.4) is 0 Å². The third kappa shape index (κ3) is 6.79. The first-order valence-electron chi connectivity index (χ1n) is 12.6. The smallest absolute Gasteiger partial charge is 0.236 e. The van der Waals surface area contributed by atoms with Crippen LogP contribution in [-0.2, 0) is 11.4 Å². The Morgan fingerprint density at radius 3 is 2.44 bits per heavy atom. The first kappa shape index (κ1) is 26.5. The predicted octanol–water partition coefficient (Wildman–Crippen LogP) is 4.50. The second-order valence-corrected chi connectivity index (χ2v) is 9.97. The quantitative estimate of drug-likeness (QED) is 0.381. The Morgan fingerprint density at radius 1 is 1.03 bits per heavy atom. The molecule has 1 amide bonds. The van der Waals surface area contributed by atoms with Crippen molar-refractivity contribution in [1.29, 1.82) is 0 Å². The molecular weight excluding hydrogens is 478 g/mol. The van der Waals surface area contributed by atoms with E-state index >= 15 is 0 Å². The Hall–Kier alpha value is -2.58. The Morgan fingerprint density at radius 2 is 1.75 bits per heavy atom. The third-order valence-corrected chi connectivity index (χ3v) is 6.97. The Bertz CT molecular complexity index is 1140. The Labute approximate surface area is 218 Å². The number of halogens is 1. The molecule has 3 aromatic rings. The van der Waals surface area contributed by atoms with Crippen LogP contribution in [0, 0.1) is 0 Å². The van der Waals surface area contributed by atoms with Crippen molar-refractivity contribution in [2.75, 3.05) is 60.0 Å². The van der Waals surface area contributed by atoms with Gasteiger partial charge in [-0.25, -0.2) is 0 Å². The number of carbonyl (C=O) groups is 1. The number of carbonyl (C=O) groups excluding carboxylic acids is 1. The van der Waals surface area contributed by atoms with Crippen molar-refractivity contribution in [2.24, 2.45) is 0 Å². The van der Waals surface area contributed by atoms with Gasteiger partial charge in [0, 0.05) is 62.3 Å². The zero-order chi connectivity index (χ0) is 25.5. The standard InChI is InChI=1S/C28H36ClN3O4/c1-30(2)27(34)19-32-15-13-31(14-16-32)12-4-3-5-17-35-23-10-11-24-25(18-23)36-26(20-33)28(24)21-6-8-22(29)9-7-21/h6-11,18,33H,3-5,12-17,19-20H2,1-2H3. The van der Waals surface area contributed by atoms with Crippen molar-refractivity contribution in [3.8, 4) is 16.9 Å². The highest BCUT2D eigenvalue weighted by Gasteiger charge is 2.19. The van der Waals surface area contributed by atoms with Gasteiger partial charge >= 0.3 is 0 Å². The van der Waals surface area contributed by atoms with Crippen molar-refractivity contribution in [2.45, 2.75) is 25.9 Å². The van der Waals surface area contributed by atoms with E-state index in [0.717, 1.165) is 74.2 Å². The minimum Gasteiger partial charge on any atom is -0.493 e. The average Bonchev–Trinajstić information content (AvgIpc) is 3.25. The summed E-state index contributed by atoms with van der Waals surface area (Å²) in [6.45, 7) is 6.04. The van der Waals surface area contributed by atoms with Gasteiger partial charge in [0.15, 0.2) is 0 Å². The lowest BCUT2D eigenvalue weighted by Gasteiger charge is -2.34. The van der Waals surface area contributed by atoms with Gasteiger partial charge in [0.2, 0.25) is 5.91 Å². The fraction of sp³-hybridized carbons (Fsp3) is 0.464. The van der Waals surface area contributed by atoms with Crippen molar-refractivity contribution in [3.05, 3.63) is 53.2 Å². The SMILES string of the molecule is CN(C)C(=O)CN1CCN(CCCCCOc2ccc3c(-c4ccc(Cl)cc4)c(CO)oc3c2)CC1. The van der Waals surface area contributed by atoms with Gasteiger partial charge in [-0.05, 0) is 55.6 Å². The summed E-state index contributed by atoms with van der Waals surface area (Å²) in [5, 5.41) is 11.4. The summed E-state index contributed by atoms with van der Waals surface area (Å²) in [5.41, 5.74) is 2.55. The predicted molar refractivity (Wildman–Crippen MR) is 144 cm³/mol. The van der Waals surface area contributed by atoms with Crippen LogP contribution in [0.1, 0.15) is 25.0 Å². The number of aliphatic hydroxyl groups is 1. The summed E-state index contributed by atoms with van der Waals surface area (Å²) in [7, 11) is 3.62. The lowest BCUT2D eigenvalue weighted by molar-refractivity contribution is -0.130. The number of hydrogen-bond donors (Lipinski definition) is 1. The molecule has 1 aliphatic heterocycles. The second kappa shape index (κ2) is 12.6. The van der Waals surface area contributed by atoms with Crippen LogP contribution in [0.15, 0.2) is 46.9 Å². The van der Waals surface area contributed by atoms with E-state index in [1.165, 1.54) is 0 Å². The average molecular weight is 514 g/mol. The number of furan rings is 1. The molecule has 7 nitrogen and oxygen atoms in total. The van der Waals surface area contributed by atoms with Crippen LogP contribution >= 0.6 is 11.6 Å². The lowest BCUT2D eigenvalue weighted by atomic mass is 10.0. The number of fused-ring (bicyclic) bond motifs is 1. The number of benzene rings is 2. The maximum Gasteiger partial charge on any atom is 0.236 e. The van der Waals surface area contributed by atoms with Gasteiger partial charge < -0.3 is 24.1 Å². The number of amides is 1. The first-order chi connectivity index (χ1) is 17.4. The minimum atomic E-state index is -0.175. The van der Waals surface area contributed by atoms with Crippen LogP contribution in [0.2, 0.25) is 5.02 Å². The largest absolute Gasteiger partial charge is 0.493 e. The van der Waals surface area contributed by atoms with E-state index in [-0.39, 0.29) is 12.5 Å². The zero-order valence-electron chi connectivity index (χ0n) is 21.2. The molecule has 1 N–H and O–H groups in total. The number of unbranched alkanes of at least 4 members (excludes halogenated alkanes) is 2. The highest BCUT2D eigenvalue weighted by Crippen LogP contribution is 2.37. The number of ether oxygens (including phenoxy) is 1. The molecule has 1 aromatic heterocycles. The van der Waals surface area contributed by atoms with E-state index in [1.54, 1.807) is 4.90 Å². The maximum atomic E-state index is 11.9. The molecule has 1 saturated heterocycles. The molecule has 0 spiro atoms. The normalized spacial score (nSPS) is 14.9. The molecule has 0 bridgehead atoms. The minimum absolute atomic E-state index is 0.172. The lowest BCUT2D eigenvalue weighted by Crippen LogP contribution is -2.49. The summed E-state index contributed by atoms with van der Waals surface area (Å²) >= 11 is 6.03. The van der Waals surface area contributed by atoms with Gasteiger partial charge in [0.05, 0.1) is 13.2 Å². The monoisotopic (exact) mass is 513 g/mol. The number of rotatable bonds is 11. The molecule has 0 aliphatic carbocycles. The number of likely N-dealkylation sites (N-methyl/N-ethyl adjacent to an activating group) is 1. The summed E-state index contributed by atoms with van der Waals surface area (Å²) in [6.07, 6.45) is 3.24. The molecular formula is C28H36ClN3O4. The molecule has 2 aromatic carbocycles. The molecule has 0 atom stereocenters. The molecule has 1 fully saturated rings. The van der Waals surface area contributed by atoms with Crippen molar-refractivity contribution in [3.63, 3.8) is 0 Å². The number of nitrogens with zero attached hydrogens (tertiary/aromatic N) is 3. The number of aliphatic hydroxyl groups excluding tert-OH is 1. The molecule has 0 saturated carbocycles. The first-order valence-corrected chi connectivity index (χ1v) is 13.0. The molecule has 8 heteroatoms. The van der Waals surface area contributed by atoms with Gasteiger partial charge in [-0.2, -0.15) is 0 Å². The topological polar surface area (TPSA) is 69.4 Å². The van der Waals surface area contributed by atoms with Crippen LogP contribution in [0.25, 0.3) is 22.1 Å². The van der Waals surface area contributed by atoms with Crippen molar-refractivity contribution >= 4 is 28.5 Å². The van der Waals surface area contributed by atoms with E-state index in [0.29, 0.717) is 29.5 Å². The van der Waals surface area contributed by atoms with Gasteiger partial charge in [0.1, 0.15) is 23.7 Å². The third-order valence-electron chi connectivity index (χ3n) is 6.72. The van der Waals surface area contributed by atoms with Crippen LogP contribution in [0.5, 0.6) is 5.75 Å². The van der Waals surface area contributed by atoms with Crippen LogP contribution < -0.4 is 4.74 Å². The van der Waals surface area contributed by atoms with E-state index in [4.69, 9.17) is 20.8 Å². The summed E-state index contributed by atoms with van der Waals surface area (Å²) < 4.78 is 11.9.